The number of rotatable bonds is 51. The number of aliphatic hydroxyl groups is 5. The molecule has 442 valence electrons. The van der Waals surface area contributed by atoms with E-state index in [0.29, 0.717) is 12.8 Å². The lowest BCUT2D eigenvalue weighted by molar-refractivity contribution is -0.305. The molecule has 0 aliphatic carbocycles. The molecule has 0 saturated carbocycles. The van der Waals surface area contributed by atoms with Crippen molar-refractivity contribution in [1.82, 2.24) is 5.32 Å². The van der Waals surface area contributed by atoms with E-state index in [1.54, 1.807) is 6.08 Å². The Morgan fingerprint density at radius 3 is 1.45 bits per heavy atom. The zero-order valence-corrected chi connectivity index (χ0v) is 48.8. The summed E-state index contributed by atoms with van der Waals surface area (Å²) in [6.45, 7) is 5.60. The molecule has 11 nitrogen and oxygen atoms in total. The highest BCUT2D eigenvalue weighted by atomic mass is 16.7. The van der Waals surface area contributed by atoms with Crippen LogP contribution < -0.4 is 5.32 Å². The normalized spacial score (nSPS) is 19.7. The zero-order chi connectivity index (χ0) is 56.1. The van der Waals surface area contributed by atoms with Crippen LogP contribution in [0.15, 0.2) is 97.2 Å². The second kappa shape index (κ2) is 53.2. The molecule has 0 aromatic heterocycles. The molecule has 11 heteroatoms. The van der Waals surface area contributed by atoms with E-state index in [-0.39, 0.29) is 19.4 Å². The van der Waals surface area contributed by atoms with Crippen molar-refractivity contribution in [3.63, 3.8) is 0 Å². The highest BCUT2D eigenvalue weighted by molar-refractivity contribution is 5.80. The van der Waals surface area contributed by atoms with E-state index in [0.717, 1.165) is 135 Å². The van der Waals surface area contributed by atoms with E-state index in [9.17, 15) is 35.1 Å². The van der Waals surface area contributed by atoms with Crippen LogP contribution >= 0.6 is 0 Å². The molecule has 1 saturated heterocycles. The molecule has 0 spiro atoms. The van der Waals surface area contributed by atoms with Gasteiger partial charge in [0.25, 0.3) is 0 Å². The maximum absolute atomic E-state index is 13.4. The zero-order valence-electron chi connectivity index (χ0n) is 48.8. The molecule has 0 aromatic carbocycles. The van der Waals surface area contributed by atoms with Crippen LogP contribution in [0.5, 0.6) is 0 Å². The predicted octanol–water partition coefficient (Wildman–Crippen LogP) is 14.7. The number of esters is 1. The number of aliphatic hydroxyl groups excluding tert-OH is 5. The number of nitrogens with one attached hydrogen (secondary N) is 1. The van der Waals surface area contributed by atoms with Crippen LogP contribution in [-0.4, -0.2) is 99.6 Å². The molecule has 1 aliphatic rings. The summed E-state index contributed by atoms with van der Waals surface area (Å²) in [5.41, 5.74) is 0. The van der Waals surface area contributed by atoms with Gasteiger partial charge in [-0.15, -0.1) is 0 Å². The van der Waals surface area contributed by atoms with Gasteiger partial charge in [-0.3, -0.25) is 9.59 Å². The standard InChI is InChI=1S/C66H113NO10/c1-4-7-10-13-16-19-22-23-24-25-26-27-28-29-30-31-32-33-34-35-36-39-41-44-47-50-53-59(70)65(74)67-57(58(69)52-49-46-43-40-37-20-17-14-11-8-5-2)56-75-66-64(63(73)62(72)60(55-68)76-66)77-61(71)54-51-48-45-42-38-21-18-15-12-9-6-3/h7,10,15-16,18-19,23-24,26-27,29-30,32-33,49,52,57-60,62-64,66,68-70,72-73H,4-6,8-9,11-14,17,20-22,25,28,31,34-48,50-51,53-56H2,1-3H3,(H,67,74)/b10-7-,18-15-,19-16-,24-23-,27-26-,30-29-,33-32-,52-49+. The summed E-state index contributed by atoms with van der Waals surface area (Å²) in [4.78, 5) is 26.5. The van der Waals surface area contributed by atoms with E-state index >= 15 is 0 Å². The molecule has 1 amide bonds. The number of unbranched alkanes of at least 4 members (excludes halogenated alkanes) is 23. The number of carbonyl (C=O) groups is 2. The van der Waals surface area contributed by atoms with Gasteiger partial charge >= 0.3 is 5.97 Å². The van der Waals surface area contributed by atoms with Crippen molar-refractivity contribution in [2.45, 2.75) is 294 Å². The van der Waals surface area contributed by atoms with Gasteiger partial charge in [0.15, 0.2) is 12.4 Å². The predicted molar refractivity (Wildman–Crippen MR) is 319 cm³/mol. The van der Waals surface area contributed by atoms with Gasteiger partial charge < -0.3 is 45.1 Å². The minimum Gasteiger partial charge on any atom is -0.454 e. The maximum Gasteiger partial charge on any atom is 0.306 e. The number of hydrogen-bond donors (Lipinski definition) is 6. The second-order valence-electron chi connectivity index (χ2n) is 21.0. The third kappa shape index (κ3) is 41.3. The summed E-state index contributed by atoms with van der Waals surface area (Å²) in [5.74, 6) is -1.22. The van der Waals surface area contributed by atoms with E-state index in [4.69, 9.17) is 14.2 Å². The van der Waals surface area contributed by atoms with E-state index in [1.807, 2.05) is 6.08 Å². The van der Waals surface area contributed by atoms with Crippen LogP contribution in [0.1, 0.15) is 245 Å². The molecule has 1 aliphatic heterocycles. The van der Waals surface area contributed by atoms with E-state index in [2.05, 4.69) is 111 Å². The Kier molecular flexibility index (Phi) is 49.5. The Balaban J connectivity index is 2.61. The number of allylic oxidation sites excluding steroid dienone is 15. The molecule has 0 aromatic rings. The third-order valence-corrected chi connectivity index (χ3v) is 14.0. The van der Waals surface area contributed by atoms with Crippen LogP contribution in [0, 0.1) is 0 Å². The first kappa shape index (κ1) is 71.6. The minimum atomic E-state index is -1.62. The molecule has 1 rings (SSSR count). The molecule has 6 N–H and O–H groups in total. The minimum absolute atomic E-state index is 0.108. The summed E-state index contributed by atoms with van der Waals surface area (Å²) >= 11 is 0. The topological polar surface area (TPSA) is 175 Å². The fourth-order valence-electron chi connectivity index (χ4n) is 9.05. The summed E-state index contributed by atoms with van der Waals surface area (Å²) in [5, 5.41) is 56.9. The fraction of sp³-hybridized carbons (Fsp3) is 0.727. The smallest absolute Gasteiger partial charge is 0.306 e. The first-order valence-corrected chi connectivity index (χ1v) is 31.0. The molecule has 8 atom stereocenters. The second-order valence-corrected chi connectivity index (χ2v) is 21.0. The Morgan fingerprint density at radius 1 is 0.519 bits per heavy atom. The summed E-state index contributed by atoms with van der Waals surface area (Å²) < 4.78 is 17.5. The van der Waals surface area contributed by atoms with Gasteiger partial charge in [-0.1, -0.05) is 240 Å². The van der Waals surface area contributed by atoms with Crippen molar-refractivity contribution in [3.8, 4) is 0 Å². The SMILES string of the molecule is CC/C=C\C/C=C\C/C=C\C/C=C\C/C=C\C/C=C\CCCCCCCCCC(O)C(=O)NC(COC1OC(CO)C(O)C(O)C1OC(=O)CCCCCCC/C=C\CCCC)C(O)/C=C/CCCCCCCCCCC. The van der Waals surface area contributed by atoms with Crippen molar-refractivity contribution < 1.29 is 49.3 Å². The first-order valence-electron chi connectivity index (χ1n) is 31.0. The largest absolute Gasteiger partial charge is 0.454 e. The van der Waals surface area contributed by atoms with Gasteiger partial charge in [0.1, 0.15) is 24.4 Å². The van der Waals surface area contributed by atoms with Gasteiger partial charge in [-0.05, 0) is 96.3 Å². The lowest BCUT2D eigenvalue weighted by Crippen LogP contribution is -2.61. The van der Waals surface area contributed by atoms with Gasteiger partial charge in [0.05, 0.1) is 25.4 Å². The summed E-state index contributed by atoms with van der Waals surface area (Å²) in [7, 11) is 0. The number of hydrogen-bond acceptors (Lipinski definition) is 10. The van der Waals surface area contributed by atoms with Crippen LogP contribution in [0.4, 0.5) is 0 Å². The summed E-state index contributed by atoms with van der Waals surface area (Å²) in [6.07, 6.45) is 60.3. The molecule has 0 bridgehead atoms. The van der Waals surface area contributed by atoms with Gasteiger partial charge in [0, 0.05) is 6.42 Å². The van der Waals surface area contributed by atoms with Crippen molar-refractivity contribution in [2.24, 2.45) is 0 Å². The number of amides is 1. The van der Waals surface area contributed by atoms with Crippen LogP contribution in [-0.2, 0) is 23.8 Å². The average Bonchev–Trinajstić information content (AvgIpc) is 3.43. The van der Waals surface area contributed by atoms with Crippen molar-refractivity contribution >= 4 is 11.9 Å². The fourth-order valence-corrected chi connectivity index (χ4v) is 9.05. The lowest BCUT2D eigenvalue weighted by atomic mass is 9.99. The Hall–Kier alpha value is -3.42. The highest BCUT2D eigenvalue weighted by Gasteiger charge is 2.47. The van der Waals surface area contributed by atoms with Crippen molar-refractivity contribution in [1.29, 1.82) is 0 Å². The van der Waals surface area contributed by atoms with Crippen LogP contribution in [0.2, 0.25) is 0 Å². The van der Waals surface area contributed by atoms with Crippen molar-refractivity contribution in [2.75, 3.05) is 13.2 Å². The number of ether oxygens (including phenoxy) is 3. The summed E-state index contributed by atoms with van der Waals surface area (Å²) in [6, 6.07) is -1.03. The number of carbonyl (C=O) groups excluding carboxylic acids is 2. The van der Waals surface area contributed by atoms with Crippen molar-refractivity contribution in [3.05, 3.63) is 97.2 Å². The molecule has 0 radical (unpaired) electrons. The van der Waals surface area contributed by atoms with Gasteiger partial charge in [-0.2, -0.15) is 0 Å². The molecule has 77 heavy (non-hydrogen) atoms. The lowest BCUT2D eigenvalue weighted by Gasteiger charge is -2.41. The Bertz CT molecular complexity index is 1620. The van der Waals surface area contributed by atoms with Gasteiger partial charge in [0.2, 0.25) is 5.91 Å². The molecule has 8 unspecified atom stereocenters. The molecular formula is C66H113NO10. The van der Waals surface area contributed by atoms with E-state index < -0.39 is 67.4 Å². The molecule has 1 fully saturated rings. The highest BCUT2D eigenvalue weighted by Crippen LogP contribution is 2.26. The van der Waals surface area contributed by atoms with E-state index in [1.165, 1.54) is 64.2 Å². The van der Waals surface area contributed by atoms with Crippen LogP contribution in [0.25, 0.3) is 0 Å². The monoisotopic (exact) mass is 1080 g/mol. The average molecular weight is 1080 g/mol. The maximum atomic E-state index is 13.4. The van der Waals surface area contributed by atoms with Gasteiger partial charge in [-0.25, -0.2) is 0 Å². The Labute approximate surface area is 469 Å². The molecule has 1 heterocycles. The molecular weight excluding hydrogens is 967 g/mol. The quantitative estimate of drug-likeness (QED) is 0.0195. The Morgan fingerprint density at radius 2 is 0.948 bits per heavy atom. The van der Waals surface area contributed by atoms with Crippen LogP contribution in [0.3, 0.4) is 0 Å². The first-order chi connectivity index (χ1) is 37.7. The third-order valence-electron chi connectivity index (χ3n) is 14.0.